The average molecular weight is 472 g/mol. The molecule has 0 aliphatic rings. The van der Waals surface area contributed by atoms with Crippen molar-refractivity contribution in [2.24, 2.45) is 11.7 Å². The fourth-order valence-electron chi connectivity index (χ4n) is 2.96. The normalized spacial score (nSPS) is 11.8. The molecule has 0 aliphatic heterocycles. The van der Waals surface area contributed by atoms with E-state index in [2.05, 4.69) is 15.6 Å². The number of nitrogens with one attached hydrogen (secondary N) is 2. The number of carbonyl (C=O) groups excluding carboxylic acids is 3. The van der Waals surface area contributed by atoms with Crippen LogP contribution in [-0.2, 0) is 0 Å². The maximum absolute atomic E-state index is 13.2. The number of halogens is 2. The van der Waals surface area contributed by atoms with E-state index in [-0.39, 0.29) is 33.9 Å². The SMILES string of the molecule is CC(C)[C@@H](C)NC(=O)c1c(C(N)=O)ncn1-c1ccc(NC(=O)c2ccc(F)cc2Cl)cc1. The van der Waals surface area contributed by atoms with Crippen molar-refractivity contribution < 1.29 is 18.8 Å². The first-order chi connectivity index (χ1) is 15.6. The fraction of sp³-hybridized carbons (Fsp3) is 0.217. The molecule has 10 heteroatoms. The van der Waals surface area contributed by atoms with Crippen molar-refractivity contribution in [1.29, 1.82) is 0 Å². The van der Waals surface area contributed by atoms with Gasteiger partial charge in [-0.05, 0) is 55.3 Å². The Kier molecular flexibility index (Phi) is 7.13. The number of hydrogen-bond donors (Lipinski definition) is 3. The van der Waals surface area contributed by atoms with Gasteiger partial charge >= 0.3 is 0 Å². The first-order valence-corrected chi connectivity index (χ1v) is 10.5. The summed E-state index contributed by atoms with van der Waals surface area (Å²) in [4.78, 5) is 41.2. The molecule has 0 fully saturated rings. The standard InChI is InChI=1S/C23H23ClFN5O3/c1-12(2)13(3)28-23(33)20-19(21(26)31)27-11-30(20)16-7-5-15(6-8-16)29-22(32)17-9-4-14(25)10-18(17)24/h4-13H,1-3H3,(H2,26,31)(H,28,33)(H,29,32)/t13-/m1/s1. The highest BCUT2D eigenvalue weighted by atomic mass is 35.5. The molecule has 3 aromatic rings. The van der Waals surface area contributed by atoms with E-state index in [0.717, 1.165) is 12.1 Å². The summed E-state index contributed by atoms with van der Waals surface area (Å²) < 4.78 is 14.7. The molecular formula is C23H23ClFN5O3. The van der Waals surface area contributed by atoms with Gasteiger partial charge in [0.05, 0.1) is 10.6 Å². The Bertz CT molecular complexity index is 1210. The fourth-order valence-corrected chi connectivity index (χ4v) is 3.21. The predicted molar refractivity (Wildman–Crippen MR) is 123 cm³/mol. The Labute approximate surface area is 194 Å². The molecule has 3 rings (SSSR count). The van der Waals surface area contributed by atoms with E-state index in [1.54, 1.807) is 24.3 Å². The number of carbonyl (C=O) groups is 3. The molecule has 4 N–H and O–H groups in total. The van der Waals surface area contributed by atoms with Crippen LogP contribution >= 0.6 is 11.6 Å². The second-order valence-electron chi connectivity index (χ2n) is 7.81. The van der Waals surface area contributed by atoms with Crippen molar-refractivity contribution in [3.63, 3.8) is 0 Å². The minimum absolute atomic E-state index is 0.00667. The minimum atomic E-state index is -0.823. The molecule has 0 radical (unpaired) electrons. The summed E-state index contributed by atoms with van der Waals surface area (Å²) in [5.41, 5.74) is 6.38. The molecule has 0 saturated heterocycles. The number of rotatable bonds is 7. The van der Waals surface area contributed by atoms with Crippen molar-refractivity contribution >= 4 is 35.0 Å². The molecule has 8 nitrogen and oxygen atoms in total. The number of amides is 3. The lowest BCUT2D eigenvalue weighted by atomic mass is 10.1. The molecule has 0 unspecified atom stereocenters. The predicted octanol–water partition coefficient (Wildman–Crippen LogP) is 3.79. The van der Waals surface area contributed by atoms with Gasteiger partial charge in [-0.1, -0.05) is 25.4 Å². The van der Waals surface area contributed by atoms with E-state index in [4.69, 9.17) is 17.3 Å². The monoisotopic (exact) mass is 471 g/mol. The number of nitrogens with zero attached hydrogens (tertiary/aromatic N) is 2. The van der Waals surface area contributed by atoms with Gasteiger partial charge in [-0.25, -0.2) is 9.37 Å². The number of nitrogens with two attached hydrogens (primary N) is 1. The van der Waals surface area contributed by atoms with Crippen LogP contribution in [0.5, 0.6) is 0 Å². The topological polar surface area (TPSA) is 119 Å². The molecule has 0 saturated carbocycles. The third kappa shape index (κ3) is 5.38. The largest absolute Gasteiger partial charge is 0.364 e. The average Bonchev–Trinajstić information content (AvgIpc) is 3.19. The Morgan fingerprint density at radius 2 is 1.73 bits per heavy atom. The van der Waals surface area contributed by atoms with E-state index >= 15 is 0 Å². The second kappa shape index (κ2) is 9.83. The maximum Gasteiger partial charge on any atom is 0.271 e. The van der Waals surface area contributed by atoms with Crippen LogP contribution in [0.2, 0.25) is 5.02 Å². The molecule has 1 atom stereocenters. The summed E-state index contributed by atoms with van der Waals surface area (Å²) in [5, 5.41) is 5.51. The van der Waals surface area contributed by atoms with Gasteiger partial charge in [0.2, 0.25) is 0 Å². The third-order valence-electron chi connectivity index (χ3n) is 5.15. The van der Waals surface area contributed by atoms with Crippen LogP contribution < -0.4 is 16.4 Å². The molecule has 1 aromatic heterocycles. The van der Waals surface area contributed by atoms with Crippen molar-refractivity contribution in [3.05, 3.63) is 76.6 Å². The van der Waals surface area contributed by atoms with E-state index in [9.17, 15) is 18.8 Å². The number of primary amides is 1. The van der Waals surface area contributed by atoms with Crippen LogP contribution in [0.4, 0.5) is 10.1 Å². The smallest absolute Gasteiger partial charge is 0.271 e. The zero-order valence-electron chi connectivity index (χ0n) is 18.2. The number of aromatic nitrogens is 2. The summed E-state index contributed by atoms with van der Waals surface area (Å²) >= 11 is 5.94. The van der Waals surface area contributed by atoms with Gasteiger partial charge in [0.25, 0.3) is 17.7 Å². The minimum Gasteiger partial charge on any atom is -0.364 e. The Hall–Kier alpha value is -3.72. The summed E-state index contributed by atoms with van der Waals surface area (Å²) in [7, 11) is 0. The van der Waals surface area contributed by atoms with E-state index < -0.39 is 23.5 Å². The molecule has 33 heavy (non-hydrogen) atoms. The summed E-state index contributed by atoms with van der Waals surface area (Å²) in [6.07, 6.45) is 1.33. The zero-order valence-corrected chi connectivity index (χ0v) is 19.0. The van der Waals surface area contributed by atoms with Gasteiger partial charge in [0.1, 0.15) is 17.8 Å². The van der Waals surface area contributed by atoms with Crippen molar-refractivity contribution in [1.82, 2.24) is 14.9 Å². The van der Waals surface area contributed by atoms with Crippen LogP contribution in [0.3, 0.4) is 0 Å². The highest BCUT2D eigenvalue weighted by Gasteiger charge is 2.25. The van der Waals surface area contributed by atoms with Gasteiger partial charge in [0, 0.05) is 17.4 Å². The van der Waals surface area contributed by atoms with E-state index in [1.165, 1.54) is 17.0 Å². The summed E-state index contributed by atoms with van der Waals surface area (Å²) in [5.74, 6) is -2.17. The van der Waals surface area contributed by atoms with Gasteiger partial charge in [0.15, 0.2) is 5.69 Å². The quantitative estimate of drug-likeness (QED) is 0.485. The molecule has 1 heterocycles. The van der Waals surface area contributed by atoms with Gasteiger partial charge in [-0.3, -0.25) is 19.0 Å². The van der Waals surface area contributed by atoms with Gasteiger partial charge in [-0.2, -0.15) is 0 Å². The molecule has 2 aromatic carbocycles. The molecule has 0 aliphatic carbocycles. The summed E-state index contributed by atoms with van der Waals surface area (Å²) in [6, 6.07) is 9.83. The Balaban J connectivity index is 1.86. The van der Waals surface area contributed by atoms with Crippen molar-refractivity contribution in [2.75, 3.05) is 5.32 Å². The molecule has 3 amide bonds. The van der Waals surface area contributed by atoms with E-state index in [1.807, 2.05) is 20.8 Å². The number of anilines is 1. The van der Waals surface area contributed by atoms with Gasteiger partial charge in [-0.15, -0.1) is 0 Å². The first-order valence-electron chi connectivity index (χ1n) is 10.1. The molecule has 0 bridgehead atoms. The van der Waals surface area contributed by atoms with Crippen LogP contribution in [0.1, 0.15) is 52.1 Å². The Morgan fingerprint density at radius 3 is 2.30 bits per heavy atom. The molecular weight excluding hydrogens is 449 g/mol. The van der Waals surface area contributed by atoms with Crippen molar-refractivity contribution in [2.45, 2.75) is 26.8 Å². The van der Waals surface area contributed by atoms with Crippen LogP contribution in [0.15, 0.2) is 48.8 Å². The number of benzene rings is 2. The van der Waals surface area contributed by atoms with Gasteiger partial charge < -0.3 is 16.4 Å². The second-order valence-corrected chi connectivity index (χ2v) is 8.21. The highest BCUT2D eigenvalue weighted by molar-refractivity contribution is 6.34. The molecule has 172 valence electrons. The highest BCUT2D eigenvalue weighted by Crippen LogP contribution is 2.21. The van der Waals surface area contributed by atoms with E-state index in [0.29, 0.717) is 11.4 Å². The first kappa shape index (κ1) is 23.9. The maximum atomic E-state index is 13.2. The zero-order chi connectivity index (χ0) is 24.3. The lowest BCUT2D eigenvalue weighted by Crippen LogP contribution is -2.38. The number of hydrogen-bond acceptors (Lipinski definition) is 4. The lowest BCUT2D eigenvalue weighted by Gasteiger charge is -2.18. The number of imidazole rings is 1. The van der Waals surface area contributed by atoms with Crippen LogP contribution in [0, 0.1) is 11.7 Å². The molecule has 0 spiro atoms. The van der Waals surface area contributed by atoms with Crippen LogP contribution in [-0.4, -0.2) is 33.3 Å². The Morgan fingerprint density at radius 1 is 1.06 bits per heavy atom. The third-order valence-corrected chi connectivity index (χ3v) is 5.47. The summed E-state index contributed by atoms with van der Waals surface area (Å²) in [6.45, 7) is 5.78. The van der Waals surface area contributed by atoms with Crippen molar-refractivity contribution in [3.8, 4) is 5.69 Å². The van der Waals surface area contributed by atoms with Crippen LogP contribution in [0.25, 0.3) is 5.69 Å². The lowest BCUT2D eigenvalue weighted by molar-refractivity contribution is 0.0909.